The van der Waals surface area contributed by atoms with Gasteiger partial charge >= 0.3 is 0 Å². The number of rotatable bonds is 9. The Morgan fingerprint density at radius 1 is 0.714 bits per heavy atom. The second-order valence-corrected chi connectivity index (χ2v) is 9.73. The van der Waals surface area contributed by atoms with E-state index in [0.29, 0.717) is 5.56 Å². The first-order valence-electron chi connectivity index (χ1n) is 12.8. The number of allylic oxidation sites excluding steroid dienone is 1. The van der Waals surface area contributed by atoms with Gasteiger partial charge in [0, 0.05) is 6.07 Å². The number of hydrogen-bond donors (Lipinski definition) is 10. The molecule has 2 fully saturated rings. The normalized spacial score (nSPS) is 33.4. The molecule has 0 aromatic heterocycles. The van der Waals surface area contributed by atoms with E-state index in [2.05, 4.69) is 0 Å². The van der Waals surface area contributed by atoms with Crippen LogP contribution in [0.5, 0.6) is 23.0 Å². The van der Waals surface area contributed by atoms with E-state index in [1.54, 1.807) is 0 Å². The van der Waals surface area contributed by atoms with Crippen LogP contribution in [0, 0.1) is 0 Å². The third kappa shape index (κ3) is 6.66. The van der Waals surface area contributed by atoms with E-state index in [9.17, 15) is 55.9 Å². The van der Waals surface area contributed by atoms with E-state index in [4.69, 9.17) is 18.9 Å². The summed E-state index contributed by atoms with van der Waals surface area (Å²) in [7, 11) is 0. The molecular formula is C27H32O15. The number of aliphatic hydroxyl groups is 8. The first-order chi connectivity index (χ1) is 19.9. The van der Waals surface area contributed by atoms with Crippen molar-refractivity contribution in [1.29, 1.82) is 0 Å². The van der Waals surface area contributed by atoms with Crippen molar-refractivity contribution in [1.82, 2.24) is 0 Å². The van der Waals surface area contributed by atoms with Crippen LogP contribution in [0.25, 0.3) is 6.08 Å². The molecule has 2 aromatic rings. The van der Waals surface area contributed by atoms with E-state index in [1.165, 1.54) is 36.4 Å². The minimum Gasteiger partial charge on any atom is -0.507 e. The summed E-state index contributed by atoms with van der Waals surface area (Å²) in [6.07, 6.45) is -12.9. The molecule has 230 valence electrons. The molecule has 42 heavy (non-hydrogen) atoms. The molecule has 0 amide bonds. The number of hydrogen-bond acceptors (Lipinski definition) is 15. The van der Waals surface area contributed by atoms with Gasteiger partial charge in [0.1, 0.15) is 60.3 Å². The molecule has 15 heteroatoms. The number of carbonyl (C=O) groups is 1. The van der Waals surface area contributed by atoms with E-state index in [-0.39, 0.29) is 22.8 Å². The predicted molar refractivity (Wildman–Crippen MR) is 138 cm³/mol. The second-order valence-electron chi connectivity index (χ2n) is 9.73. The van der Waals surface area contributed by atoms with Gasteiger partial charge in [0.25, 0.3) is 0 Å². The lowest BCUT2D eigenvalue weighted by atomic mass is 9.99. The van der Waals surface area contributed by atoms with Gasteiger partial charge in [-0.1, -0.05) is 12.1 Å². The second kappa shape index (κ2) is 13.3. The average Bonchev–Trinajstić information content (AvgIpc) is 2.97. The molecule has 0 unspecified atom stereocenters. The van der Waals surface area contributed by atoms with E-state index in [1.807, 2.05) is 0 Å². The number of aromatic hydroxyl groups is 2. The molecule has 0 bridgehead atoms. The summed E-state index contributed by atoms with van der Waals surface area (Å²) >= 11 is 0. The maximum atomic E-state index is 12.8. The SMILES string of the molecule is O=C(/C=C/c1ccc(O)c(O[C@@H]2O[C@H](CO)[C@@H](O)[C@@H](O)[C@H]2O)c1)c1ccc(O[C@@H]2O[C@@H](CO)[C@@H](O)[C@H](O)[C@@H]2O)cc1O. The zero-order chi connectivity index (χ0) is 30.7. The molecule has 0 spiro atoms. The monoisotopic (exact) mass is 596 g/mol. The molecule has 2 aliphatic rings. The minimum absolute atomic E-state index is 0.0501. The van der Waals surface area contributed by atoms with Gasteiger partial charge < -0.3 is 70.0 Å². The van der Waals surface area contributed by atoms with Crippen molar-refractivity contribution >= 4 is 11.9 Å². The summed E-state index contributed by atoms with van der Waals surface area (Å²) in [5, 5.41) is 99.1. The van der Waals surface area contributed by atoms with E-state index in [0.717, 1.165) is 12.1 Å². The molecule has 15 nitrogen and oxygen atoms in total. The van der Waals surface area contributed by atoms with E-state index < -0.39 is 86.2 Å². The van der Waals surface area contributed by atoms with Crippen LogP contribution in [0.1, 0.15) is 15.9 Å². The third-order valence-corrected chi connectivity index (χ3v) is 6.84. The van der Waals surface area contributed by atoms with Crippen LogP contribution in [0.3, 0.4) is 0 Å². The number of ether oxygens (including phenoxy) is 4. The van der Waals surface area contributed by atoms with E-state index >= 15 is 0 Å². The Balaban J connectivity index is 1.43. The van der Waals surface area contributed by atoms with Crippen LogP contribution in [-0.4, -0.2) is 131 Å². The fourth-order valence-electron chi connectivity index (χ4n) is 4.37. The highest BCUT2D eigenvalue weighted by Gasteiger charge is 2.46. The van der Waals surface area contributed by atoms with Crippen molar-refractivity contribution in [3.63, 3.8) is 0 Å². The summed E-state index contributed by atoms with van der Waals surface area (Å²) in [6, 6.07) is 7.52. The Labute approximate surface area is 238 Å². The van der Waals surface area contributed by atoms with Gasteiger partial charge in [0.15, 0.2) is 17.3 Å². The summed E-state index contributed by atoms with van der Waals surface area (Å²) in [6.45, 7) is -1.33. The predicted octanol–water partition coefficient (Wildman–Crippen LogP) is -2.65. The fourth-order valence-corrected chi connectivity index (χ4v) is 4.37. The van der Waals surface area contributed by atoms with Gasteiger partial charge in [0.05, 0.1) is 18.8 Å². The van der Waals surface area contributed by atoms with Gasteiger partial charge in [-0.2, -0.15) is 0 Å². The molecule has 10 N–H and O–H groups in total. The molecule has 2 saturated heterocycles. The maximum Gasteiger partial charge on any atom is 0.229 e. The summed E-state index contributed by atoms with van der Waals surface area (Å²) in [5.74, 6) is -1.76. The highest BCUT2D eigenvalue weighted by atomic mass is 16.7. The number of phenols is 2. The number of carbonyl (C=O) groups excluding carboxylic acids is 1. The molecule has 2 aliphatic heterocycles. The van der Waals surface area contributed by atoms with Crippen LogP contribution in [0.2, 0.25) is 0 Å². The lowest BCUT2D eigenvalue weighted by Gasteiger charge is -2.39. The minimum atomic E-state index is -1.71. The third-order valence-electron chi connectivity index (χ3n) is 6.84. The van der Waals surface area contributed by atoms with Gasteiger partial charge in [-0.15, -0.1) is 0 Å². The standard InChI is InChI=1S/C27H32O15/c28-9-18-20(33)22(35)24(37)26(41-18)39-12-3-4-13(16(32)8-12)14(30)5-1-11-2-6-15(31)17(7-11)40-27-25(38)23(36)21(34)19(10-29)42-27/h1-8,18-29,31-38H,9-10H2/b5-1+/t18-,19+,20+,21+,22-,23+,24-,25+,26+,27+/m0/s1. The number of ketones is 1. The van der Waals surface area contributed by atoms with Crippen molar-refractivity contribution in [3.8, 4) is 23.0 Å². The van der Waals surface area contributed by atoms with Gasteiger partial charge in [-0.05, 0) is 35.9 Å². The molecule has 0 saturated carbocycles. The van der Waals surface area contributed by atoms with Crippen molar-refractivity contribution in [3.05, 3.63) is 53.6 Å². The zero-order valence-corrected chi connectivity index (χ0v) is 21.8. The molecule has 0 radical (unpaired) electrons. The average molecular weight is 597 g/mol. The van der Waals surface area contributed by atoms with Crippen molar-refractivity contribution in [2.24, 2.45) is 0 Å². The van der Waals surface area contributed by atoms with Gasteiger partial charge in [0.2, 0.25) is 12.6 Å². The van der Waals surface area contributed by atoms with Crippen LogP contribution in [0.4, 0.5) is 0 Å². The van der Waals surface area contributed by atoms with Crippen molar-refractivity contribution in [2.45, 2.75) is 61.4 Å². The molecule has 10 atom stereocenters. The zero-order valence-electron chi connectivity index (χ0n) is 21.8. The molecule has 0 aliphatic carbocycles. The van der Waals surface area contributed by atoms with Crippen molar-refractivity contribution in [2.75, 3.05) is 13.2 Å². The Hall–Kier alpha value is -3.35. The lowest BCUT2D eigenvalue weighted by Crippen LogP contribution is -2.60. The Kier molecular flexibility index (Phi) is 10.0. The van der Waals surface area contributed by atoms with Crippen LogP contribution in [0.15, 0.2) is 42.5 Å². The summed E-state index contributed by atoms with van der Waals surface area (Å²) in [5.41, 5.74) is 0.201. The summed E-state index contributed by atoms with van der Waals surface area (Å²) < 4.78 is 21.4. The molecular weight excluding hydrogens is 564 g/mol. The Morgan fingerprint density at radius 3 is 1.83 bits per heavy atom. The van der Waals surface area contributed by atoms with Gasteiger partial charge in [-0.3, -0.25) is 4.79 Å². The maximum absolute atomic E-state index is 12.8. The first kappa shape index (κ1) is 31.6. The highest BCUT2D eigenvalue weighted by Crippen LogP contribution is 2.32. The molecule has 2 heterocycles. The van der Waals surface area contributed by atoms with Crippen LogP contribution < -0.4 is 9.47 Å². The number of benzene rings is 2. The Morgan fingerprint density at radius 2 is 1.29 bits per heavy atom. The topological polar surface area (TPSA) is 256 Å². The summed E-state index contributed by atoms with van der Waals surface area (Å²) in [4.78, 5) is 12.8. The lowest BCUT2D eigenvalue weighted by molar-refractivity contribution is -0.277. The molecule has 2 aromatic carbocycles. The van der Waals surface area contributed by atoms with Crippen molar-refractivity contribution < 1.29 is 74.8 Å². The largest absolute Gasteiger partial charge is 0.507 e. The quantitative estimate of drug-likeness (QED) is 0.105. The van der Waals surface area contributed by atoms with Crippen LogP contribution >= 0.6 is 0 Å². The fraction of sp³-hybridized carbons (Fsp3) is 0.444. The number of aliphatic hydroxyl groups excluding tert-OH is 8. The first-order valence-corrected chi connectivity index (χ1v) is 12.8. The Bertz CT molecular complexity index is 1260. The highest BCUT2D eigenvalue weighted by molar-refractivity contribution is 6.08. The number of phenolic OH excluding ortho intramolecular Hbond substituents is 2. The smallest absolute Gasteiger partial charge is 0.229 e. The van der Waals surface area contributed by atoms with Crippen LogP contribution in [-0.2, 0) is 9.47 Å². The van der Waals surface area contributed by atoms with Gasteiger partial charge in [-0.25, -0.2) is 0 Å². The molecule has 4 rings (SSSR count).